The largest absolute Gasteiger partial charge is 0.477 e. The second-order valence-electron chi connectivity index (χ2n) is 2.57. The quantitative estimate of drug-likeness (QED) is 0.624. The van der Waals surface area contributed by atoms with Crippen molar-refractivity contribution in [2.75, 3.05) is 0 Å². The zero-order valence-electron chi connectivity index (χ0n) is 7.54. The maximum atomic E-state index is 10.6. The molecule has 0 saturated carbocycles. The molecule has 7 nitrogen and oxygen atoms in total. The summed E-state index contributed by atoms with van der Waals surface area (Å²) >= 11 is 0. The third kappa shape index (κ3) is 2.55. The summed E-state index contributed by atoms with van der Waals surface area (Å²) in [6.07, 6.45) is 0. The fourth-order valence-electron chi connectivity index (χ4n) is 1.09. The third-order valence-electron chi connectivity index (χ3n) is 1.68. The van der Waals surface area contributed by atoms with Crippen LogP contribution in [-0.4, -0.2) is 27.1 Å². The van der Waals surface area contributed by atoms with Crippen LogP contribution < -0.4 is 0 Å². The predicted octanol–water partition coefficient (Wildman–Crippen LogP) is 0.989. The molecule has 2 N–H and O–H groups in total. The molecule has 1 rings (SSSR count). The minimum atomic E-state index is -1.54. The van der Waals surface area contributed by atoms with Crippen molar-refractivity contribution in [2.24, 2.45) is 0 Å². The smallest absolute Gasteiger partial charge is 0.342 e. The van der Waals surface area contributed by atoms with Gasteiger partial charge in [-0.3, -0.25) is 10.1 Å². The van der Waals surface area contributed by atoms with Gasteiger partial charge in [0.15, 0.2) is 0 Å². The Morgan fingerprint density at radius 2 is 1.50 bits per heavy atom. The van der Waals surface area contributed by atoms with E-state index >= 15 is 0 Å². The number of nitro groups is 1. The van der Waals surface area contributed by atoms with E-state index in [0.29, 0.717) is 0 Å². The van der Waals surface area contributed by atoms with Crippen LogP contribution in [-0.2, 0) is 16.8 Å². The number of carboxylic acids is 2. The first-order valence-electron chi connectivity index (χ1n) is 3.69. The monoisotopic (exact) mass is 270 g/mol. The molecule has 0 fully saturated rings. The summed E-state index contributed by atoms with van der Waals surface area (Å²) in [6.45, 7) is 0. The minimum absolute atomic E-state index is 0. The second kappa shape index (κ2) is 5.23. The molecule has 0 unspecified atom stereocenters. The summed E-state index contributed by atoms with van der Waals surface area (Å²) in [6, 6.07) is 3.10. The van der Waals surface area contributed by atoms with Gasteiger partial charge in [0.05, 0.1) is 4.92 Å². The van der Waals surface area contributed by atoms with Crippen LogP contribution in [0.4, 0.5) is 5.69 Å². The maximum absolute atomic E-state index is 10.6. The van der Waals surface area contributed by atoms with E-state index in [0.717, 1.165) is 18.2 Å². The van der Waals surface area contributed by atoms with Crippen molar-refractivity contribution in [2.45, 2.75) is 0 Å². The third-order valence-corrected chi connectivity index (χ3v) is 1.68. The van der Waals surface area contributed by atoms with Gasteiger partial charge in [-0.2, -0.15) is 0 Å². The van der Waals surface area contributed by atoms with Crippen LogP contribution in [0.2, 0.25) is 0 Å². The van der Waals surface area contributed by atoms with E-state index in [-0.39, 0.29) is 16.8 Å². The van der Waals surface area contributed by atoms with E-state index in [1.165, 1.54) is 0 Å². The van der Waals surface area contributed by atoms with Crippen LogP contribution in [0.1, 0.15) is 20.7 Å². The molecule has 8 heteroatoms. The summed E-state index contributed by atoms with van der Waals surface area (Å²) < 4.78 is 0. The number of para-hydroxylation sites is 1. The molecule has 0 atom stereocenters. The molecule has 1 aromatic rings. The molecule has 87 valence electrons. The maximum Gasteiger partial charge on any atom is 0.342 e. The van der Waals surface area contributed by atoms with Gasteiger partial charge in [0.1, 0.15) is 11.1 Å². The van der Waals surface area contributed by atoms with Crippen molar-refractivity contribution in [1.29, 1.82) is 0 Å². The average Bonchev–Trinajstić information content (AvgIpc) is 2.16. The van der Waals surface area contributed by atoms with Gasteiger partial charge >= 0.3 is 11.9 Å². The zero-order chi connectivity index (χ0) is 11.6. The standard InChI is InChI=1S/C8H5NO6.Co/c10-7(11)4-2-1-3-5(8(12)13)6(4)9(14)15;/h1-3H,(H,10,11)(H,12,13);. The minimum Gasteiger partial charge on any atom is -0.477 e. The Kier molecular flexibility index (Phi) is 4.60. The van der Waals surface area contributed by atoms with Gasteiger partial charge in [-0.1, -0.05) is 6.07 Å². The summed E-state index contributed by atoms with van der Waals surface area (Å²) in [4.78, 5) is 30.7. The Balaban J connectivity index is 0.00000225. The number of nitro benzene ring substituents is 1. The zero-order valence-corrected chi connectivity index (χ0v) is 8.58. The van der Waals surface area contributed by atoms with Crippen molar-refractivity contribution in [1.82, 2.24) is 0 Å². The number of rotatable bonds is 3. The molecule has 0 bridgehead atoms. The predicted molar refractivity (Wildman–Crippen MR) is 47.0 cm³/mol. The molecule has 0 heterocycles. The van der Waals surface area contributed by atoms with Crippen LogP contribution in [0.25, 0.3) is 0 Å². The molecule has 0 aliphatic carbocycles. The number of nitrogens with zero attached hydrogens (tertiary/aromatic N) is 1. The number of aromatic carboxylic acids is 2. The van der Waals surface area contributed by atoms with Crippen molar-refractivity contribution in [3.8, 4) is 0 Å². The summed E-state index contributed by atoms with van der Waals surface area (Å²) in [5.41, 5.74) is -2.18. The van der Waals surface area contributed by atoms with E-state index in [1.54, 1.807) is 0 Å². The molecular formula is C8H5CoNO6. The van der Waals surface area contributed by atoms with Crippen LogP contribution in [0, 0.1) is 10.1 Å². The van der Waals surface area contributed by atoms with Gasteiger partial charge in [0.25, 0.3) is 5.69 Å². The van der Waals surface area contributed by atoms with Crippen LogP contribution in [0.3, 0.4) is 0 Å². The van der Waals surface area contributed by atoms with E-state index in [9.17, 15) is 19.7 Å². The van der Waals surface area contributed by atoms with Crippen LogP contribution >= 0.6 is 0 Å². The molecule has 0 aliphatic heterocycles. The topological polar surface area (TPSA) is 118 Å². The van der Waals surface area contributed by atoms with Gasteiger partial charge in [0, 0.05) is 16.8 Å². The van der Waals surface area contributed by atoms with Gasteiger partial charge in [-0.05, 0) is 12.1 Å². The Bertz CT molecular complexity index is 426. The Morgan fingerprint density at radius 1 is 1.12 bits per heavy atom. The summed E-state index contributed by atoms with van der Waals surface area (Å²) in [5, 5.41) is 27.8. The van der Waals surface area contributed by atoms with E-state index in [2.05, 4.69) is 0 Å². The second-order valence-corrected chi connectivity index (χ2v) is 2.57. The molecular weight excluding hydrogens is 265 g/mol. The van der Waals surface area contributed by atoms with Crippen molar-refractivity contribution >= 4 is 17.6 Å². The first kappa shape index (κ1) is 14.1. The Labute approximate surface area is 99.0 Å². The average molecular weight is 270 g/mol. The summed E-state index contributed by atoms with van der Waals surface area (Å²) in [5.74, 6) is -3.07. The number of carbonyl (C=O) groups is 2. The molecule has 16 heavy (non-hydrogen) atoms. The number of benzene rings is 1. The molecule has 1 radical (unpaired) electrons. The Hall–Kier alpha value is -1.93. The summed E-state index contributed by atoms with van der Waals surface area (Å²) in [7, 11) is 0. The fourth-order valence-corrected chi connectivity index (χ4v) is 1.09. The van der Waals surface area contributed by atoms with Crippen LogP contribution in [0.15, 0.2) is 18.2 Å². The van der Waals surface area contributed by atoms with Gasteiger partial charge < -0.3 is 10.2 Å². The number of carboxylic acid groups (broad SMARTS) is 2. The Morgan fingerprint density at radius 3 is 1.75 bits per heavy atom. The van der Waals surface area contributed by atoms with E-state index in [1.807, 2.05) is 0 Å². The van der Waals surface area contributed by atoms with Crippen molar-refractivity contribution < 1.29 is 41.5 Å². The van der Waals surface area contributed by atoms with Gasteiger partial charge in [-0.15, -0.1) is 0 Å². The van der Waals surface area contributed by atoms with E-state index < -0.39 is 33.7 Å². The van der Waals surface area contributed by atoms with Gasteiger partial charge in [-0.25, -0.2) is 9.59 Å². The van der Waals surface area contributed by atoms with Crippen molar-refractivity contribution in [3.63, 3.8) is 0 Å². The SMILES string of the molecule is O=C(O)c1cccc(C(=O)O)c1[N+](=O)[O-].[Co]. The fraction of sp³-hybridized carbons (Fsp3) is 0. The van der Waals surface area contributed by atoms with Crippen molar-refractivity contribution in [3.05, 3.63) is 39.4 Å². The molecule has 1 aromatic carbocycles. The molecule has 0 aliphatic rings. The molecule has 0 aromatic heterocycles. The van der Waals surface area contributed by atoms with E-state index in [4.69, 9.17) is 10.2 Å². The number of hydrogen-bond donors (Lipinski definition) is 2. The van der Waals surface area contributed by atoms with Gasteiger partial charge in [0.2, 0.25) is 0 Å². The van der Waals surface area contributed by atoms with Crippen LogP contribution in [0.5, 0.6) is 0 Å². The number of hydrogen-bond acceptors (Lipinski definition) is 4. The molecule has 0 saturated heterocycles. The molecule has 0 amide bonds. The first-order chi connectivity index (χ1) is 6.95. The molecule has 0 spiro atoms. The normalized spacial score (nSPS) is 9.00. The first-order valence-corrected chi connectivity index (χ1v) is 3.69.